The average molecular weight is 238 g/mol. The molecular formula is C12H14O5. The molecule has 1 unspecified atom stereocenters. The third-order valence-electron chi connectivity index (χ3n) is 1.84. The van der Waals surface area contributed by atoms with Crippen LogP contribution in [-0.2, 0) is 14.3 Å². The molecule has 0 fully saturated rings. The molecule has 0 spiro atoms. The predicted molar refractivity (Wildman–Crippen MR) is 59.6 cm³/mol. The standard InChI is InChI=1S/C12H14O5/c1-3-15-11(13)9(2)16-12(14)17-10-7-5-4-6-8-10/h4-9H,3H2,1-2H3. The topological polar surface area (TPSA) is 61.8 Å². The van der Waals surface area contributed by atoms with Gasteiger partial charge in [0, 0.05) is 0 Å². The van der Waals surface area contributed by atoms with Gasteiger partial charge in [-0.1, -0.05) is 18.2 Å². The maximum Gasteiger partial charge on any atom is 0.514 e. The second-order valence-corrected chi connectivity index (χ2v) is 3.18. The molecule has 1 aromatic carbocycles. The Labute approximate surface area is 99.3 Å². The van der Waals surface area contributed by atoms with E-state index in [4.69, 9.17) is 9.47 Å². The van der Waals surface area contributed by atoms with E-state index in [1.807, 2.05) is 0 Å². The van der Waals surface area contributed by atoms with E-state index in [9.17, 15) is 9.59 Å². The lowest BCUT2D eigenvalue weighted by molar-refractivity contribution is -0.152. The van der Waals surface area contributed by atoms with Gasteiger partial charge in [0.05, 0.1) is 6.61 Å². The highest BCUT2D eigenvalue weighted by atomic mass is 16.7. The van der Waals surface area contributed by atoms with Crippen LogP contribution in [0, 0.1) is 0 Å². The Hall–Kier alpha value is -2.04. The number of rotatable bonds is 4. The monoisotopic (exact) mass is 238 g/mol. The van der Waals surface area contributed by atoms with Crippen LogP contribution in [0.1, 0.15) is 13.8 Å². The number of ether oxygens (including phenoxy) is 3. The fraction of sp³-hybridized carbons (Fsp3) is 0.333. The van der Waals surface area contributed by atoms with Crippen molar-refractivity contribution in [2.75, 3.05) is 6.61 Å². The number of esters is 1. The highest BCUT2D eigenvalue weighted by molar-refractivity contribution is 5.77. The van der Waals surface area contributed by atoms with Gasteiger partial charge in [-0.15, -0.1) is 0 Å². The van der Waals surface area contributed by atoms with Crippen LogP contribution in [0.2, 0.25) is 0 Å². The van der Waals surface area contributed by atoms with Gasteiger partial charge in [-0.2, -0.15) is 0 Å². The number of hydrogen-bond donors (Lipinski definition) is 0. The maximum atomic E-state index is 11.3. The fourth-order valence-corrected chi connectivity index (χ4v) is 1.06. The van der Waals surface area contributed by atoms with Gasteiger partial charge in [0.1, 0.15) is 5.75 Å². The van der Waals surface area contributed by atoms with Crippen molar-refractivity contribution in [3.05, 3.63) is 30.3 Å². The molecule has 1 atom stereocenters. The van der Waals surface area contributed by atoms with Crippen molar-refractivity contribution >= 4 is 12.1 Å². The molecule has 5 heteroatoms. The summed E-state index contributed by atoms with van der Waals surface area (Å²) in [6.07, 6.45) is -1.91. The first kappa shape index (κ1) is 13.0. The van der Waals surface area contributed by atoms with Crippen LogP contribution in [-0.4, -0.2) is 24.8 Å². The van der Waals surface area contributed by atoms with Crippen LogP contribution in [0.5, 0.6) is 5.75 Å². The summed E-state index contributed by atoms with van der Waals surface area (Å²) in [5.74, 6) is -0.244. The van der Waals surface area contributed by atoms with E-state index in [-0.39, 0.29) is 6.61 Å². The molecule has 92 valence electrons. The normalized spacial score (nSPS) is 11.4. The molecule has 0 heterocycles. The third kappa shape index (κ3) is 4.55. The Morgan fingerprint density at radius 3 is 2.47 bits per heavy atom. The van der Waals surface area contributed by atoms with Crippen molar-refractivity contribution in [2.24, 2.45) is 0 Å². The molecule has 17 heavy (non-hydrogen) atoms. The van der Waals surface area contributed by atoms with Gasteiger partial charge in [-0.3, -0.25) is 0 Å². The van der Waals surface area contributed by atoms with Gasteiger partial charge in [-0.05, 0) is 26.0 Å². The summed E-state index contributed by atoms with van der Waals surface area (Å²) in [6, 6.07) is 8.45. The van der Waals surface area contributed by atoms with Crippen molar-refractivity contribution in [1.29, 1.82) is 0 Å². The van der Waals surface area contributed by atoms with E-state index < -0.39 is 18.2 Å². The lowest BCUT2D eigenvalue weighted by Gasteiger charge is -2.11. The lowest BCUT2D eigenvalue weighted by Crippen LogP contribution is -2.27. The number of carbonyl (C=O) groups excluding carboxylic acids is 2. The number of benzene rings is 1. The largest absolute Gasteiger partial charge is 0.514 e. The molecule has 0 amide bonds. The Bertz CT molecular complexity index is 374. The maximum absolute atomic E-state index is 11.3. The molecule has 1 aromatic rings. The van der Waals surface area contributed by atoms with E-state index in [1.54, 1.807) is 37.3 Å². The minimum absolute atomic E-state index is 0.236. The Balaban J connectivity index is 2.42. The third-order valence-corrected chi connectivity index (χ3v) is 1.84. The molecule has 1 rings (SSSR count). The van der Waals surface area contributed by atoms with Gasteiger partial charge < -0.3 is 14.2 Å². The first-order chi connectivity index (χ1) is 8.13. The summed E-state index contributed by atoms with van der Waals surface area (Å²) in [5.41, 5.74) is 0. The second-order valence-electron chi connectivity index (χ2n) is 3.18. The van der Waals surface area contributed by atoms with Crippen molar-refractivity contribution in [3.8, 4) is 5.75 Å². The first-order valence-electron chi connectivity index (χ1n) is 5.23. The van der Waals surface area contributed by atoms with Crippen LogP contribution in [0.4, 0.5) is 4.79 Å². The molecule has 0 bridgehead atoms. The van der Waals surface area contributed by atoms with Crippen LogP contribution >= 0.6 is 0 Å². The summed E-state index contributed by atoms with van der Waals surface area (Å²) < 4.78 is 14.3. The molecular weight excluding hydrogens is 224 g/mol. The van der Waals surface area contributed by atoms with Gasteiger partial charge in [0.15, 0.2) is 6.10 Å². The average Bonchev–Trinajstić information content (AvgIpc) is 2.30. The van der Waals surface area contributed by atoms with Gasteiger partial charge in [0.2, 0.25) is 0 Å². The van der Waals surface area contributed by atoms with Crippen molar-refractivity contribution in [1.82, 2.24) is 0 Å². The smallest absolute Gasteiger partial charge is 0.463 e. The van der Waals surface area contributed by atoms with E-state index >= 15 is 0 Å². The van der Waals surface area contributed by atoms with Crippen LogP contribution < -0.4 is 4.74 Å². The van der Waals surface area contributed by atoms with Gasteiger partial charge >= 0.3 is 12.1 Å². The van der Waals surface area contributed by atoms with Crippen LogP contribution in [0.25, 0.3) is 0 Å². The molecule has 5 nitrogen and oxygen atoms in total. The zero-order valence-corrected chi connectivity index (χ0v) is 9.71. The molecule has 0 N–H and O–H groups in total. The summed E-state index contributed by atoms with van der Waals surface area (Å²) >= 11 is 0. The van der Waals surface area contributed by atoms with E-state index in [0.29, 0.717) is 5.75 Å². The molecule has 0 saturated heterocycles. The SMILES string of the molecule is CCOC(=O)C(C)OC(=O)Oc1ccccc1. The number of hydrogen-bond acceptors (Lipinski definition) is 5. The quantitative estimate of drug-likeness (QED) is 0.594. The minimum Gasteiger partial charge on any atom is -0.463 e. The van der Waals surface area contributed by atoms with Gasteiger partial charge in [-0.25, -0.2) is 9.59 Å². The fourth-order valence-electron chi connectivity index (χ4n) is 1.06. The molecule has 0 aliphatic carbocycles. The molecule has 0 aliphatic heterocycles. The first-order valence-corrected chi connectivity index (χ1v) is 5.23. The van der Waals surface area contributed by atoms with Crippen LogP contribution in [0.3, 0.4) is 0 Å². The van der Waals surface area contributed by atoms with Crippen molar-refractivity contribution in [3.63, 3.8) is 0 Å². The highest BCUT2D eigenvalue weighted by Crippen LogP contribution is 2.10. The van der Waals surface area contributed by atoms with E-state index in [2.05, 4.69) is 4.74 Å². The van der Waals surface area contributed by atoms with E-state index in [1.165, 1.54) is 6.92 Å². The summed E-state index contributed by atoms with van der Waals surface area (Å²) in [4.78, 5) is 22.5. The summed E-state index contributed by atoms with van der Waals surface area (Å²) in [6.45, 7) is 3.33. The minimum atomic E-state index is -0.980. The zero-order chi connectivity index (χ0) is 12.7. The molecule has 0 saturated carbocycles. The van der Waals surface area contributed by atoms with E-state index in [0.717, 1.165) is 0 Å². The van der Waals surface area contributed by atoms with Crippen molar-refractivity contribution < 1.29 is 23.8 Å². The summed E-state index contributed by atoms with van der Waals surface area (Å²) in [7, 11) is 0. The Kier molecular flexibility index (Phi) is 5.00. The van der Waals surface area contributed by atoms with Crippen LogP contribution in [0.15, 0.2) is 30.3 Å². The summed E-state index contributed by atoms with van der Waals surface area (Å²) in [5, 5.41) is 0. The second kappa shape index (κ2) is 6.52. The molecule has 0 aliphatic rings. The number of para-hydroxylation sites is 1. The number of carbonyl (C=O) groups is 2. The molecule has 0 aromatic heterocycles. The highest BCUT2D eigenvalue weighted by Gasteiger charge is 2.19. The Morgan fingerprint density at radius 1 is 1.24 bits per heavy atom. The van der Waals surface area contributed by atoms with Crippen molar-refractivity contribution in [2.45, 2.75) is 20.0 Å². The lowest BCUT2D eigenvalue weighted by atomic mass is 10.3. The molecule has 0 radical (unpaired) electrons. The predicted octanol–water partition coefficient (Wildman–Crippen LogP) is 2.15. The van der Waals surface area contributed by atoms with Gasteiger partial charge in [0.25, 0.3) is 0 Å². The zero-order valence-electron chi connectivity index (χ0n) is 9.71. The Morgan fingerprint density at radius 2 is 1.88 bits per heavy atom.